The fraction of sp³-hybridized carbons (Fsp3) is 0.929. The molecule has 18 heavy (non-hydrogen) atoms. The van der Waals surface area contributed by atoms with Gasteiger partial charge in [-0.05, 0) is 6.42 Å². The molecule has 0 aliphatic rings. The number of nitrogens with zero attached hydrogens (tertiary/aromatic N) is 1. The van der Waals surface area contributed by atoms with Crippen molar-refractivity contribution in [3.05, 3.63) is 0 Å². The number of urea groups is 1. The average molecular weight is 257 g/mol. The Hall–Kier alpha value is -0.770. The van der Waals surface area contributed by atoms with Crippen LogP contribution in [0.4, 0.5) is 4.79 Å². The van der Waals surface area contributed by atoms with Crippen LogP contribution in [0.5, 0.6) is 0 Å². The molecule has 2 amide bonds. The number of carbonyl (C=O) groups excluding carboxylic acids is 1. The van der Waals surface area contributed by atoms with Crippen molar-refractivity contribution in [2.75, 3.05) is 13.6 Å². The smallest absolute Gasteiger partial charge is 0.329 e. The molecule has 0 spiro atoms. The van der Waals surface area contributed by atoms with E-state index in [4.69, 9.17) is 5.73 Å². The fourth-order valence-corrected chi connectivity index (χ4v) is 2.09. The molecule has 0 aliphatic carbocycles. The van der Waals surface area contributed by atoms with Crippen LogP contribution < -0.4 is 11.2 Å². The fourth-order valence-electron chi connectivity index (χ4n) is 2.09. The number of hydrazine groups is 1. The molecule has 0 rings (SSSR count). The predicted molar refractivity (Wildman–Crippen MR) is 77.2 cm³/mol. The minimum atomic E-state index is -0.395. The lowest BCUT2D eigenvalue weighted by Crippen LogP contribution is -2.44. The van der Waals surface area contributed by atoms with Gasteiger partial charge in [-0.25, -0.2) is 10.2 Å². The van der Waals surface area contributed by atoms with E-state index in [-0.39, 0.29) is 0 Å². The maximum Gasteiger partial charge on any atom is 0.329 e. The van der Waals surface area contributed by atoms with Crippen LogP contribution in [0.3, 0.4) is 0 Å². The lowest BCUT2D eigenvalue weighted by atomic mass is 10.1. The van der Waals surface area contributed by atoms with E-state index in [1.165, 1.54) is 62.8 Å². The summed E-state index contributed by atoms with van der Waals surface area (Å²) in [6.07, 6.45) is 13.0. The molecule has 0 aliphatic heterocycles. The van der Waals surface area contributed by atoms with Crippen LogP contribution >= 0.6 is 0 Å². The van der Waals surface area contributed by atoms with Crippen LogP contribution in [0.15, 0.2) is 0 Å². The topological polar surface area (TPSA) is 58.4 Å². The van der Waals surface area contributed by atoms with Crippen molar-refractivity contribution >= 4 is 6.03 Å². The van der Waals surface area contributed by atoms with E-state index in [1.807, 2.05) is 0 Å². The molecule has 4 nitrogen and oxygen atoms in total. The van der Waals surface area contributed by atoms with Gasteiger partial charge in [-0.2, -0.15) is 0 Å². The highest BCUT2D eigenvalue weighted by atomic mass is 16.2. The first kappa shape index (κ1) is 17.2. The maximum atomic E-state index is 10.9. The van der Waals surface area contributed by atoms with E-state index in [2.05, 4.69) is 12.3 Å². The Bertz CT molecular complexity index is 197. The van der Waals surface area contributed by atoms with Gasteiger partial charge in [-0.3, -0.25) is 5.01 Å². The molecule has 0 radical (unpaired) electrons. The van der Waals surface area contributed by atoms with Gasteiger partial charge in [0.25, 0.3) is 0 Å². The predicted octanol–water partition coefficient (Wildman–Crippen LogP) is 3.42. The van der Waals surface area contributed by atoms with Gasteiger partial charge in [0.2, 0.25) is 0 Å². The number of amides is 2. The molecule has 108 valence electrons. The van der Waals surface area contributed by atoms with Gasteiger partial charge < -0.3 is 5.73 Å². The highest BCUT2D eigenvalue weighted by molar-refractivity contribution is 5.71. The van der Waals surface area contributed by atoms with E-state index in [0.29, 0.717) is 6.54 Å². The van der Waals surface area contributed by atoms with Gasteiger partial charge in [-0.15, -0.1) is 0 Å². The van der Waals surface area contributed by atoms with E-state index in [1.54, 1.807) is 7.05 Å². The second kappa shape index (κ2) is 12.7. The number of nitrogens with one attached hydrogen (secondary N) is 1. The Morgan fingerprint density at radius 1 is 0.944 bits per heavy atom. The van der Waals surface area contributed by atoms with Crippen LogP contribution in [-0.2, 0) is 0 Å². The molecule has 0 aromatic rings. The number of nitrogens with two attached hydrogens (primary N) is 1. The first-order valence-corrected chi connectivity index (χ1v) is 7.46. The molecule has 0 unspecified atom stereocenters. The van der Waals surface area contributed by atoms with Gasteiger partial charge in [0.15, 0.2) is 0 Å². The monoisotopic (exact) mass is 257 g/mol. The summed E-state index contributed by atoms with van der Waals surface area (Å²) in [5.41, 5.74) is 7.98. The third kappa shape index (κ3) is 10.4. The normalized spacial score (nSPS) is 10.6. The van der Waals surface area contributed by atoms with Crippen molar-refractivity contribution in [2.45, 2.75) is 71.1 Å². The van der Waals surface area contributed by atoms with Crippen LogP contribution in [-0.4, -0.2) is 24.6 Å². The zero-order valence-corrected chi connectivity index (χ0v) is 12.2. The Labute approximate surface area is 112 Å². The van der Waals surface area contributed by atoms with Gasteiger partial charge in [0, 0.05) is 13.6 Å². The second-order valence-corrected chi connectivity index (χ2v) is 4.90. The lowest BCUT2D eigenvalue weighted by Gasteiger charge is -2.18. The summed E-state index contributed by atoms with van der Waals surface area (Å²) in [7, 11) is 1.72. The molecule has 4 heteroatoms. The zero-order valence-electron chi connectivity index (χ0n) is 12.2. The Kier molecular flexibility index (Phi) is 12.1. The third-order valence-electron chi connectivity index (χ3n) is 3.27. The Morgan fingerprint density at radius 2 is 1.39 bits per heavy atom. The SMILES string of the molecule is CCCCCCCCCCCCN(NC)C(N)=O. The van der Waals surface area contributed by atoms with Crippen LogP contribution in [0.25, 0.3) is 0 Å². The maximum absolute atomic E-state index is 10.9. The Morgan fingerprint density at radius 3 is 1.78 bits per heavy atom. The molecule has 0 aromatic heterocycles. The van der Waals surface area contributed by atoms with Gasteiger partial charge in [0.1, 0.15) is 0 Å². The number of carbonyl (C=O) groups is 1. The molecule has 0 fully saturated rings. The first-order valence-electron chi connectivity index (χ1n) is 7.46. The highest BCUT2D eigenvalue weighted by Crippen LogP contribution is 2.10. The number of hydrogen-bond acceptors (Lipinski definition) is 2. The summed E-state index contributed by atoms with van der Waals surface area (Å²) in [6.45, 7) is 2.96. The van der Waals surface area contributed by atoms with E-state index in [9.17, 15) is 4.79 Å². The van der Waals surface area contributed by atoms with Crippen LogP contribution in [0.2, 0.25) is 0 Å². The summed E-state index contributed by atoms with van der Waals surface area (Å²) in [5.74, 6) is 0. The van der Waals surface area contributed by atoms with E-state index in [0.717, 1.165) is 6.42 Å². The van der Waals surface area contributed by atoms with Crippen molar-refractivity contribution in [1.29, 1.82) is 0 Å². The summed E-state index contributed by atoms with van der Waals surface area (Å²) >= 11 is 0. The molecule has 0 aromatic carbocycles. The van der Waals surface area contributed by atoms with E-state index < -0.39 is 6.03 Å². The quantitative estimate of drug-likeness (QED) is 0.416. The van der Waals surface area contributed by atoms with Crippen molar-refractivity contribution in [2.24, 2.45) is 5.73 Å². The highest BCUT2D eigenvalue weighted by Gasteiger charge is 2.05. The van der Waals surface area contributed by atoms with Gasteiger partial charge in [0.05, 0.1) is 0 Å². The van der Waals surface area contributed by atoms with Crippen molar-refractivity contribution in [3.8, 4) is 0 Å². The second-order valence-electron chi connectivity index (χ2n) is 4.90. The third-order valence-corrected chi connectivity index (χ3v) is 3.27. The van der Waals surface area contributed by atoms with Crippen LogP contribution in [0, 0.1) is 0 Å². The molecule has 0 saturated carbocycles. The van der Waals surface area contributed by atoms with E-state index >= 15 is 0 Å². The summed E-state index contributed by atoms with van der Waals surface area (Å²) in [6, 6.07) is -0.395. The summed E-state index contributed by atoms with van der Waals surface area (Å²) in [4.78, 5) is 10.9. The average Bonchev–Trinajstić information content (AvgIpc) is 2.35. The molecule has 0 heterocycles. The molecular formula is C14H31N3O. The molecule has 0 saturated heterocycles. The molecular weight excluding hydrogens is 226 g/mol. The van der Waals surface area contributed by atoms with Crippen LogP contribution in [0.1, 0.15) is 71.1 Å². The minimum absolute atomic E-state index is 0.395. The molecule has 3 N–H and O–H groups in total. The largest absolute Gasteiger partial charge is 0.350 e. The number of primary amides is 1. The Balaban J connectivity index is 3.18. The number of hydrogen-bond donors (Lipinski definition) is 2. The standard InChI is InChI=1S/C14H31N3O/c1-3-4-5-6-7-8-9-10-11-12-13-17(16-2)14(15)18/h16H,3-13H2,1-2H3,(H2,15,18). The van der Waals surface area contributed by atoms with Crippen molar-refractivity contribution in [3.63, 3.8) is 0 Å². The minimum Gasteiger partial charge on any atom is -0.350 e. The first-order chi connectivity index (χ1) is 8.72. The van der Waals surface area contributed by atoms with Gasteiger partial charge in [-0.1, -0.05) is 64.7 Å². The summed E-state index contributed by atoms with van der Waals surface area (Å²) < 4.78 is 0. The number of unbranched alkanes of at least 4 members (excludes halogenated alkanes) is 9. The molecule has 0 atom stereocenters. The van der Waals surface area contributed by atoms with Crippen molar-refractivity contribution in [1.82, 2.24) is 10.4 Å². The summed E-state index contributed by atoms with van der Waals surface area (Å²) in [5, 5.41) is 1.46. The van der Waals surface area contributed by atoms with Gasteiger partial charge >= 0.3 is 6.03 Å². The number of rotatable bonds is 12. The lowest BCUT2D eigenvalue weighted by molar-refractivity contribution is 0.185. The zero-order chi connectivity index (χ0) is 13.6. The van der Waals surface area contributed by atoms with Crippen molar-refractivity contribution < 1.29 is 4.79 Å². The molecule has 0 bridgehead atoms.